The van der Waals surface area contributed by atoms with Gasteiger partial charge in [-0.05, 0) is 48.0 Å². The highest BCUT2D eigenvalue weighted by Gasteiger charge is 2.06. The van der Waals surface area contributed by atoms with Crippen LogP contribution in [-0.4, -0.2) is 15.6 Å². The number of aromatic carboxylic acids is 1. The molecule has 126 valence electrons. The molecule has 4 rings (SSSR count). The van der Waals surface area contributed by atoms with Crippen LogP contribution in [0, 0.1) is 12.1 Å². The van der Waals surface area contributed by atoms with E-state index >= 15 is 0 Å². The molecular formula is C22H15NO3. The third kappa shape index (κ3) is 3.11. The Morgan fingerprint density at radius 2 is 1.85 bits per heavy atom. The topological polar surface area (TPSA) is 51.5 Å². The van der Waals surface area contributed by atoms with E-state index < -0.39 is 5.97 Å². The number of benzene rings is 2. The predicted octanol–water partition coefficient (Wildman–Crippen LogP) is 4.51. The van der Waals surface area contributed by atoms with Crippen molar-refractivity contribution in [2.45, 2.75) is 6.61 Å². The number of carboxylic acids is 1. The lowest BCUT2D eigenvalue weighted by atomic mass is 10.2. The number of carbonyl (C=O) groups is 1. The molecule has 4 nitrogen and oxygen atoms in total. The van der Waals surface area contributed by atoms with Crippen LogP contribution in [0.2, 0.25) is 0 Å². The van der Waals surface area contributed by atoms with E-state index in [9.17, 15) is 4.79 Å². The Balaban J connectivity index is 1.58. The molecule has 0 amide bonds. The molecule has 0 unspecified atom stereocenters. The quantitative estimate of drug-likeness (QED) is 0.581. The van der Waals surface area contributed by atoms with Gasteiger partial charge >= 0.3 is 5.97 Å². The van der Waals surface area contributed by atoms with Crippen molar-refractivity contribution in [1.82, 2.24) is 4.57 Å². The molecule has 0 atom stereocenters. The Labute approximate surface area is 150 Å². The highest BCUT2D eigenvalue weighted by molar-refractivity contribution is 5.87. The van der Waals surface area contributed by atoms with Crippen LogP contribution < -0.4 is 4.74 Å². The Kier molecular flexibility index (Phi) is 4.04. The minimum atomic E-state index is -1.01. The van der Waals surface area contributed by atoms with Gasteiger partial charge in [0.25, 0.3) is 0 Å². The minimum Gasteiger partial charge on any atom is -0.489 e. The number of ether oxygens (including phenoxy) is 1. The SMILES string of the molecule is O=C(O)c1c#cc(-n2ccc3cc(OCc4ccccc4)ccc32)cc1. The van der Waals surface area contributed by atoms with Gasteiger partial charge in [0.15, 0.2) is 0 Å². The Morgan fingerprint density at radius 1 is 1.00 bits per heavy atom. The summed E-state index contributed by atoms with van der Waals surface area (Å²) < 4.78 is 7.81. The minimum absolute atomic E-state index is 0.0989. The predicted molar refractivity (Wildman–Crippen MR) is 98.7 cm³/mol. The van der Waals surface area contributed by atoms with Gasteiger partial charge in [-0.25, -0.2) is 4.79 Å². The fraction of sp³-hybridized carbons (Fsp3) is 0.0455. The van der Waals surface area contributed by atoms with Crippen molar-refractivity contribution in [3.8, 4) is 11.4 Å². The highest BCUT2D eigenvalue weighted by Crippen LogP contribution is 2.25. The monoisotopic (exact) mass is 341 g/mol. The summed E-state index contributed by atoms with van der Waals surface area (Å²) in [6.07, 6.45) is 1.92. The van der Waals surface area contributed by atoms with E-state index in [0.717, 1.165) is 27.9 Å². The fourth-order valence-electron chi connectivity index (χ4n) is 2.80. The van der Waals surface area contributed by atoms with Crippen molar-refractivity contribution < 1.29 is 14.6 Å². The summed E-state index contributed by atoms with van der Waals surface area (Å²) >= 11 is 0. The zero-order valence-corrected chi connectivity index (χ0v) is 13.8. The molecule has 4 heteroatoms. The van der Waals surface area contributed by atoms with Crippen molar-refractivity contribution in [1.29, 1.82) is 0 Å². The van der Waals surface area contributed by atoms with Crippen molar-refractivity contribution in [2.75, 3.05) is 0 Å². The van der Waals surface area contributed by atoms with Gasteiger partial charge in [-0.15, -0.1) is 0 Å². The van der Waals surface area contributed by atoms with Crippen LogP contribution >= 0.6 is 0 Å². The lowest BCUT2D eigenvalue weighted by Crippen LogP contribution is -1.96. The Bertz CT molecular complexity index is 1050. The van der Waals surface area contributed by atoms with Gasteiger partial charge in [-0.3, -0.25) is 0 Å². The maximum absolute atomic E-state index is 10.9. The average Bonchev–Trinajstić information content (AvgIpc) is 3.10. The van der Waals surface area contributed by atoms with Gasteiger partial charge in [0.1, 0.15) is 17.9 Å². The molecule has 0 spiro atoms. The molecule has 3 aromatic carbocycles. The first-order chi connectivity index (χ1) is 12.7. The van der Waals surface area contributed by atoms with Gasteiger partial charge in [0.2, 0.25) is 0 Å². The molecule has 1 N–H and O–H groups in total. The molecule has 0 saturated carbocycles. The third-order valence-corrected chi connectivity index (χ3v) is 4.13. The van der Waals surface area contributed by atoms with E-state index in [1.165, 1.54) is 6.07 Å². The van der Waals surface area contributed by atoms with E-state index in [1.54, 1.807) is 6.07 Å². The van der Waals surface area contributed by atoms with Crippen LogP contribution in [0.5, 0.6) is 5.75 Å². The van der Waals surface area contributed by atoms with Gasteiger partial charge in [-0.1, -0.05) is 36.4 Å². The van der Waals surface area contributed by atoms with Crippen LogP contribution in [0.3, 0.4) is 0 Å². The summed E-state index contributed by atoms with van der Waals surface area (Å²) in [7, 11) is 0. The molecule has 0 bridgehead atoms. The summed E-state index contributed by atoms with van der Waals surface area (Å²) in [5, 5.41) is 10.0. The molecule has 4 aromatic rings. The maximum Gasteiger partial charge on any atom is 0.344 e. The second kappa shape index (κ2) is 6.66. The van der Waals surface area contributed by atoms with Crippen LogP contribution in [0.1, 0.15) is 15.9 Å². The van der Waals surface area contributed by atoms with Gasteiger partial charge in [0, 0.05) is 11.6 Å². The lowest BCUT2D eigenvalue weighted by Gasteiger charge is -2.07. The lowest BCUT2D eigenvalue weighted by molar-refractivity contribution is 0.0697. The molecule has 0 radical (unpaired) electrons. The van der Waals surface area contributed by atoms with Crippen LogP contribution in [-0.2, 0) is 6.61 Å². The van der Waals surface area contributed by atoms with E-state index in [-0.39, 0.29) is 5.56 Å². The number of aromatic nitrogens is 1. The number of nitrogens with zero attached hydrogens (tertiary/aromatic N) is 1. The molecule has 0 aliphatic rings. The summed E-state index contributed by atoms with van der Waals surface area (Å²) in [5.74, 6) is -0.207. The first kappa shape index (κ1) is 15.8. The van der Waals surface area contributed by atoms with Crippen molar-refractivity contribution in [2.24, 2.45) is 0 Å². The highest BCUT2D eigenvalue weighted by atomic mass is 16.5. The van der Waals surface area contributed by atoms with Gasteiger partial charge in [0.05, 0.1) is 11.2 Å². The Morgan fingerprint density at radius 3 is 2.58 bits per heavy atom. The standard InChI is InChI=1S/C22H15NO3/c24-22(25)17-6-8-19(9-7-17)23-13-12-18-14-20(10-11-21(18)23)26-15-16-4-2-1-3-5-16/h1-6,8,10-14H,15H2,(H,24,25). The third-order valence-electron chi connectivity index (χ3n) is 4.13. The van der Waals surface area contributed by atoms with E-state index in [2.05, 4.69) is 12.1 Å². The average molecular weight is 341 g/mol. The fourth-order valence-corrected chi connectivity index (χ4v) is 2.80. The van der Waals surface area contributed by atoms with Crippen LogP contribution in [0.4, 0.5) is 0 Å². The van der Waals surface area contributed by atoms with E-state index in [4.69, 9.17) is 9.84 Å². The maximum atomic E-state index is 10.9. The number of carboxylic acid groups (broad SMARTS) is 1. The number of fused-ring (bicyclic) bond motifs is 1. The summed E-state index contributed by atoms with van der Waals surface area (Å²) in [6, 6.07) is 26.7. The molecule has 1 aromatic heterocycles. The zero-order valence-electron chi connectivity index (χ0n) is 13.8. The molecule has 0 aliphatic carbocycles. The molecule has 26 heavy (non-hydrogen) atoms. The molecule has 0 fully saturated rings. The van der Waals surface area contributed by atoms with Gasteiger partial charge < -0.3 is 14.4 Å². The molecule has 0 aliphatic heterocycles. The summed E-state index contributed by atoms with van der Waals surface area (Å²) in [5.41, 5.74) is 2.95. The number of hydrogen-bond acceptors (Lipinski definition) is 2. The normalized spacial score (nSPS) is 10.5. The van der Waals surface area contributed by atoms with E-state index in [0.29, 0.717) is 6.61 Å². The van der Waals surface area contributed by atoms with E-state index in [1.807, 2.05) is 65.4 Å². The second-order valence-corrected chi connectivity index (χ2v) is 5.87. The van der Waals surface area contributed by atoms with Crippen molar-refractivity contribution >= 4 is 16.9 Å². The van der Waals surface area contributed by atoms with Crippen molar-refractivity contribution in [3.63, 3.8) is 0 Å². The second-order valence-electron chi connectivity index (χ2n) is 5.87. The molecule has 0 saturated heterocycles. The summed E-state index contributed by atoms with van der Waals surface area (Å²) in [4.78, 5) is 10.9. The largest absolute Gasteiger partial charge is 0.489 e. The van der Waals surface area contributed by atoms with Crippen LogP contribution in [0.15, 0.2) is 72.9 Å². The zero-order chi connectivity index (χ0) is 17.9. The number of rotatable bonds is 5. The van der Waals surface area contributed by atoms with Crippen molar-refractivity contribution in [3.05, 3.63) is 96.2 Å². The number of hydrogen-bond donors (Lipinski definition) is 1. The molecule has 1 heterocycles. The summed E-state index contributed by atoms with van der Waals surface area (Å²) in [6.45, 7) is 0.520. The van der Waals surface area contributed by atoms with Crippen LogP contribution in [0.25, 0.3) is 16.6 Å². The molecular weight excluding hydrogens is 326 g/mol. The smallest absolute Gasteiger partial charge is 0.344 e. The first-order valence-corrected chi connectivity index (χ1v) is 8.16. The van der Waals surface area contributed by atoms with Gasteiger partial charge in [-0.2, -0.15) is 0 Å². The Hall–Kier alpha value is -3.71. The first-order valence-electron chi connectivity index (χ1n) is 8.16.